The largest absolute Gasteiger partial charge is 2.00 e. The van der Waals surface area contributed by atoms with Crippen molar-refractivity contribution in [3.8, 4) is 6.07 Å². The molecule has 0 fully saturated rings. The zero-order valence-corrected chi connectivity index (χ0v) is 67.7. The van der Waals surface area contributed by atoms with E-state index in [2.05, 4.69) is 380 Å². The Morgan fingerprint density at radius 3 is 0.648 bits per heavy atom. The van der Waals surface area contributed by atoms with Crippen molar-refractivity contribution < 1.29 is 58.7 Å². The van der Waals surface area contributed by atoms with Crippen LogP contribution in [0.15, 0.2) is 405 Å². The van der Waals surface area contributed by atoms with Crippen molar-refractivity contribution in [3.63, 3.8) is 0 Å². The minimum Gasteiger partial charge on any atom is -0.512 e. The van der Waals surface area contributed by atoms with Crippen LogP contribution in [0.25, 0.3) is 0 Å². The van der Waals surface area contributed by atoms with Gasteiger partial charge in [-0.15, -0.1) is 0 Å². The first kappa shape index (κ1) is 86.7. The van der Waals surface area contributed by atoms with E-state index in [4.69, 9.17) is 51.5 Å². The van der Waals surface area contributed by atoms with Crippen molar-refractivity contribution in [2.24, 2.45) is 0 Å². The van der Waals surface area contributed by atoms with Gasteiger partial charge in [-0.1, -0.05) is 404 Å². The second kappa shape index (κ2) is 53.0. The Hall–Kier alpha value is -8.89. The van der Waals surface area contributed by atoms with Gasteiger partial charge >= 0.3 is 40.5 Å². The van der Waals surface area contributed by atoms with Gasteiger partial charge in [0.2, 0.25) is 0 Å². The van der Waals surface area contributed by atoms with Crippen molar-refractivity contribution in [2.45, 2.75) is 13.2 Å². The summed E-state index contributed by atoms with van der Waals surface area (Å²) in [5.74, 6) is -0.536. The smallest absolute Gasteiger partial charge is 0.512 e. The van der Waals surface area contributed by atoms with Gasteiger partial charge in [0.15, 0.2) is 0 Å². The van der Waals surface area contributed by atoms with Crippen LogP contribution in [0.2, 0.25) is 5.02 Å². The molecule has 0 aliphatic heterocycles. The van der Waals surface area contributed by atoms with E-state index in [0.717, 1.165) is 16.1 Å². The molecule has 0 saturated carbocycles. The average Bonchev–Trinajstić information content (AvgIpc) is 0.839. The molecule has 0 saturated heterocycles. The summed E-state index contributed by atoms with van der Waals surface area (Å²) < 4.78 is 28.5. The maximum Gasteiger partial charge on any atom is 2.00 e. The second-order valence-corrected chi connectivity index (χ2v) is 31.5. The molecule has 0 radical (unpaired) electrons. The molecule has 2 N–H and O–H groups in total. The summed E-state index contributed by atoms with van der Waals surface area (Å²) in [6.07, 6.45) is 0. The first-order valence-electron chi connectivity index (χ1n) is 32.5. The maximum atomic E-state index is 12.7. The summed E-state index contributed by atoms with van der Waals surface area (Å²) in [5.41, 5.74) is 1.23. The van der Waals surface area contributed by atoms with E-state index in [0.29, 0.717) is 5.02 Å². The molecule has 522 valence electrons. The molecular weight excluding hydrogens is 1600 g/mol. The molecule has 5 nitrogen and oxygen atoms in total. The number of hydrogen-bond donors (Lipinski definition) is 2. The molecule has 0 aliphatic carbocycles. The average molecular weight is 1680 g/mol. The van der Waals surface area contributed by atoms with Crippen LogP contribution < -0.4 is 63.7 Å². The van der Waals surface area contributed by atoms with E-state index in [9.17, 15) is 8.78 Å². The van der Waals surface area contributed by atoms with Crippen molar-refractivity contribution >= 4 is 123 Å². The molecule has 14 aromatic rings. The van der Waals surface area contributed by atoms with Gasteiger partial charge in [-0.05, 0) is 125 Å². The standard InChI is InChI=1S/4C18H15P.C8H6FNO.C7H6BrClO.CH2F.2CN.Pd.Zn.H/c4*1-4-10-16(11-5-1)19(17-12-6-2-7-13-17)18-14-8-3-9-15-18;9-8-3-6(4-10)1-2-7(8)5-11;8-6-2-1-5(4-10)7(9)3-6;3*1-2;;;/h4*1-15H;1-3,11H,5H2;1-3,10H,4H2;1H2;;;;;/q;;;;;;3*-1;+1;+2;/i;;;;;;;;;;;1+1. The van der Waals surface area contributed by atoms with E-state index >= 15 is 0 Å². The molecule has 14 rings (SSSR count). The molecule has 105 heavy (non-hydrogen) atoms. The molecule has 0 heterocycles. The van der Waals surface area contributed by atoms with E-state index in [1.165, 1.54) is 75.8 Å². The van der Waals surface area contributed by atoms with Crippen LogP contribution in [0.5, 0.6) is 0 Å². The number of aliphatic hydroxyl groups excluding tert-OH is 2. The van der Waals surface area contributed by atoms with Gasteiger partial charge in [0.05, 0.1) is 24.8 Å². The van der Waals surface area contributed by atoms with E-state index in [1.54, 1.807) is 25.4 Å². The van der Waals surface area contributed by atoms with Crippen molar-refractivity contribution in [3.05, 3.63) is 453 Å². The Morgan fingerprint density at radius 2 is 0.505 bits per heavy atom. The zero-order valence-electron chi connectivity index (χ0n) is 58.3. The van der Waals surface area contributed by atoms with Gasteiger partial charge in [-0.25, -0.2) is 4.39 Å². The first-order chi connectivity index (χ1) is 51.8. The fourth-order valence-corrected chi connectivity index (χ4v) is 20.1. The third-order valence-electron chi connectivity index (χ3n) is 14.7. The summed E-state index contributed by atoms with van der Waals surface area (Å²) in [7, 11) is -0.0340. The topological polar surface area (TPSA) is 112 Å². The van der Waals surface area contributed by atoms with Crippen molar-refractivity contribution in [1.29, 1.82) is 16.6 Å². The fourth-order valence-electron chi connectivity index (χ4n) is 10.1. The third-order valence-corrected chi connectivity index (χ3v) is 25.3. The molecule has 14 aromatic carbocycles. The predicted molar refractivity (Wildman–Crippen MR) is 441 cm³/mol. The number of halogens is 4. The molecular formula is C90H75BrClF2N3O2P4PdZn. The number of benzene rings is 14. The Bertz CT molecular complexity index is 3810. The van der Waals surface area contributed by atoms with Gasteiger partial charge in [0.1, 0.15) is 5.82 Å². The number of nitriles is 1. The van der Waals surface area contributed by atoms with Gasteiger partial charge in [-0.3, -0.25) is 0 Å². The summed E-state index contributed by atoms with van der Waals surface area (Å²) in [6.45, 7) is 9.16. The summed E-state index contributed by atoms with van der Waals surface area (Å²) >= 11 is 11.0. The first-order valence-corrected chi connectivity index (χ1v) is 38.7. The Labute approximate surface area is 664 Å². The molecule has 0 bridgehead atoms. The number of aliphatic hydroxyl groups is 2. The normalized spacial score (nSPS) is 9.73. The van der Waals surface area contributed by atoms with Gasteiger partial charge in [-0.2, -0.15) is 12.4 Å². The summed E-state index contributed by atoms with van der Waals surface area (Å²) in [4.78, 5) is 0. The van der Waals surface area contributed by atoms with Gasteiger partial charge < -0.3 is 38.3 Å². The minimum atomic E-state index is -0.536. The van der Waals surface area contributed by atoms with Gasteiger partial charge in [0, 0.05) is 15.1 Å². The molecule has 0 amide bonds. The maximum absolute atomic E-state index is 12.7. The molecule has 0 aromatic heterocycles. The second-order valence-electron chi connectivity index (χ2n) is 21.3. The van der Waals surface area contributed by atoms with Crippen molar-refractivity contribution in [2.75, 3.05) is 0 Å². The van der Waals surface area contributed by atoms with Crippen LogP contribution in [0.4, 0.5) is 8.78 Å². The van der Waals surface area contributed by atoms with E-state index < -0.39 is 37.5 Å². The van der Waals surface area contributed by atoms with Crippen LogP contribution in [0.3, 0.4) is 0 Å². The molecule has 15 heteroatoms. The summed E-state index contributed by atoms with van der Waals surface area (Å²) in [6, 6.07) is 140. The number of nitrogens with zero attached hydrogens (tertiary/aromatic N) is 3. The van der Waals surface area contributed by atoms with Crippen LogP contribution in [-0.4, -0.2) is 11.0 Å². The van der Waals surface area contributed by atoms with Crippen LogP contribution in [0.1, 0.15) is 16.7 Å². The van der Waals surface area contributed by atoms with E-state index in [-0.39, 0.29) is 43.8 Å². The SMILES string of the molecule is N#Cc1ccc(CO)c(F)c1.OCc1ccc(Br)cc1Cl.[2H][Pd+].[C-]#N.[C-]#N.[CH2-]F.[Zn+2].c1ccc(P(c2ccccc2)c2ccccc2)cc1.c1ccc(P(c2ccccc2)c2ccccc2)cc1.c1ccc(P(c2ccccc2)c2ccccc2)cc1.c1ccc(P(c2ccccc2)c2ccccc2)cc1. The third kappa shape index (κ3) is 29.5. The van der Waals surface area contributed by atoms with Crippen LogP contribution >= 0.6 is 59.2 Å². The van der Waals surface area contributed by atoms with Crippen LogP contribution in [0, 0.1) is 48.0 Å². The molecule has 0 atom stereocenters. The number of hydrogen-bond acceptors (Lipinski definition) is 5. The number of rotatable bonds is 14. The molecule has 0 unspecified atom stereocenters. The predicted octanol–water partition coefficient (Wildman–Crippen LogP) is 18.2. The monoisotopic (exact) mass is 1680 g/mol. The molecule has 0 spiro atoms. The Morgan fingerprint density at radius 1 is 0.333 bits per heavy atom. The minimum absolute atomic E-state index is 0. The zero-order chi connectivity index (χ0) is 75.5. The fraction of sp³-hybridized carbons (Fsp3) is 0.0222. The van der Waals surface area contributed by atoms with Gasteiger partial charge in [0.25, 0.3) is 0 Å². The molecule has 0 aliphatic rings. The summed E-state index contributed by atoms with van der Waals surface area (Å²) in [5, 5.41) is 55.5. The Kier molecular flexibility index (Phi) is 43.8. The van der Waals surface area contributed by atoms with E-state index in [1.807, 2.05) is 26.3 Å². The quantitative estimate of drug-likeness (QED) is 0.0640. The van der Waals surface area contributed by atoms with Crippen molar-refractivity contribution in [1.82, 2.24) is 0 Å². The Balaban J connectivity index is 0.000000267. The van der Waals surface area contributed by atoms with Crippen LogP contribution in [-0.2, 0) is 52.9 Å².